The Labute approximate surface area is 120 Å². The van der Waals surface area contributed by atoms with E-state index in [1.165, 1.54) is 0 Å². The predicted molar refractivity (Wildman–Crippen MR) is 75.5 cm³/mol. The topological polar surface area (TPSA) is 37.8 Å². The van der Waals surface area contributed by atoms with Crippen molar-refractivity contribution in [3.63, 3.8) is 0 Å². The molecule has 2 heterocycles. The van der Waals surface area contributed by atoms with E-state index in [0.717, 1.165) is 5.69 Å². The van der Waals surface area contributed by atoms with E-state index in [4.69, 9.17) is 34.8 Å². The second-order valence-electron chi connectivity index (χ2n) is 3.71. The number of nitrogens with zero attached hydrogens (tertiary/aromatic N) is 2. The van der Waals surface area contributed by atoms with Gasteiger partial charge in [0, 0.05) is 6.20 Å². The highest BCUT2D eigenvalue weighted by atomic mass is 35.5. The van der Waals surface area contributed by atoms with Gasteiger partial charge in [-0.15, -0.1) is 0 Å². The molecule has 3 nitrogen and oxygen atoms in total. The Morgan fingerprint density at radius 1 is 1.17 bits per heavy atom. The Balaban J connectivity index is 2.22. The minimum Gasteiger partial charge on any atom is -0.361 e. The molecular weight excluding hydrogens is 293 g/mol. The molecule has 0 aliphatic rings. The van der Waals surface area contributed by atoms with Crippen LogP contribution in [0.4, 0.5) is 5.82 Å². The minimum absolute atomic E-state index is 0.0338. The third kappa shape index (κ3) is 3.05. The van der Waals surface area contributed by atoms with Crippen molar-refractivity contribution in [2.45, 2.75) is 13.0 Å². The first-order chi connectivity index (χ1) is 8.58. The van der Waals surface area contributed by atoms with E-state index in [-0.39, 0.29) is 11.2 Å². The average molecular weight is 303 g/mol. The second kappa shape index (κ2) is 5.74. The van der Waals surface area contributed by atoms with Gasteiger partial charge < -0.3 is 5.32 Å². The molecule has 0 amide bonds. The van der Waals surface area contributed by atoms with E-state index in [9.17, 15) is 0 Å². The maximum Gasteiger partial charge on any atom is 0.150 e. The lowest BCUT2D eigenvalue weighted by molar-refractivity contribution is 0.832. The van der Waals surface area contributed by atoms with E-state index < -0.39 is 0 Å². The van der Waals surface area contributed by atoms with Crippen LogP contribution >= 0.6 is 34.8 Å². The summed E-state index contributed by atoms with van der Waals surface area (Å²) in [4.78, 5) is 8.35. The van der Waals surface area contributed by atoms with Crippen molar-refractivity contribution in [1.29, 1.82) is 0 Å². The molecule has 18 heavy (non-hydrogen) atoms. The summed E-state index contributed by atoms with van der Waals surface area (Å²) in [7, 11) is 0. The predicted octanol–water partition coefficient (Wildman–Crippen LogP) is 4.61. The summed E-state index contributed by atoms with van der Waals surface area (Å²) >= 11 is 17.7. The average Bonchev–Trinajstić information content (AvgIpc) is 2.37. The first-order valence-electron chi connectivity index (χ1n) is 5.27. The molecule has 0 saturated carbocycles. The summed E-state index contributed by atoms with van der Waals surface area (Å²) in [5.74, 6) is 0.490. The Morgan fingerprint density at radius 3 is 2.61 bits per heavy atom. The van der Waals surface area contributed by atoms with Gasteiger partial charge in [-0.25, -0.2) is 4.98 Å². The molecule has 2 aromatic heterocycles. The molecule has 0 radical (unpaired) electrons. The number of hydrogen-bond donors (Lipinski definition) is 1. The Bertz CT molecular complexity index is 546. The molecule has 1 unspecified atom stereocenters. The lowest BCUT2D eigenvalue weighted by Crippen LogP contribution is -2.09. The van der Waals surface area contributed by atoms with Crippen LogP contribution in [0.25, 0.3) is 0 Å². The summed E-state index contributed by atoms with van der Waals surface area (Å²) in [6, 6.07) is 7.23. The van der Waals surface area contributed by atoms with Crippen LogP contribution in [0.3, 0.4) is 0 Å². The van der Waals surface area contributed by atoms with Crippen LogP contribution in [0.5, 0.6) is 0 Å². The van der Waals surface area contributed by atoms with Crippen molar-refractivity contribution in [2.24, 2.45) is 0 Å². The summed E-state index contributed by atoms with van der Waals surface area (Å²) in [6.45, 7) is 1.96. The van der Waals surface area contributed by atoms with Gasteiger partial charge in [0.25, 0.3) is 0 Å². The second-order valence-corrected chi connectivity index (χ2v) is 4.88. The summed E-state index contributed by atoms with van der Waals surface area (Å²) in [6.07, 6.45) is 1.73. The first kappa shape index (κ1) is 13.4. The first-order valence-corrected chi connectivity index (χ1v) is 6.40. The van der Waals surface area contributed by atoms with Crippen molar-refractivity contribution >= 4 is 40.6 Å². The third-order valence-corrected chi connectivity index (χ3v) is 3.33. The molecular formula is C12H10Cl3N3. The van der Waals surface area contributed by atoms with Crippen molar-refractivity contribution in [2.75, 3.05) is 5.32 Å². The molecule has 6 heteroatoms. The highest BCUT2D eigenvalue weighted by molar-refractivity contribution is 6.42. The number of aromatic nitrogens is 2. The van der Waals surface area contributed by atoms with E-state index >= 15 is 0 Å². The molecule has 2 rings (SSSR count). The highest BCUT2D eigenvalue weighted by Gasteiger charge is 2.12. The minimum atomic E-state index is -0.0338. The van der Waals surface area contributed by atoms with Gasteiger partial charge in [0.15, 0.2) is 0 Å². The fourth-order valence-corrected chi connectivity index (χ4v) is 2.01. The zero-order chi connectivity index (χ0) is 13.1. The van der Waals surface area contributed by atoms with Gasteiger partial charge in [0.05, 0.1) is 21.8 Å². The number of anilines is 1. The normalized spacial score (nSPS) is 12.2. The lowest BCUT2D eigenvalue weighted by Gasteiger charge is -2.15. The smallest absolute Gasteiger partial charge is 0.150 e. The van der Waals surface area contributed by atoms with Crippen LogP contribution in [0, 0.1) is 0 Å². The largest absolute Gasteiger partial charge is 0.361 e. The van der Waals surface area contributed by atoms with Gasteiger partial charge in [0.2, 0.25) is 0 Å². The molecule has 1 atom stereocenters. The zero-order valence-corrected chi connectivity index (χ0v) is 11.8. The molecule has 0 saturated heterocycles. The Hall–Kier alpha value is -1.03. The molecule has 94 valence electrons. The van der Waals surface area contributed by atoms with Crippen molar-refractivity contribution in [3.05, 3.63) is 51.4 Å². The van der Waals surface area contributed by atoms with Gasteiger partial charge in [-0.3, -0.25) is 4.98 Å². The van der Waals surface area contributed by atoms with Gasteiger partial charge in [-0.05, 0) is 25.1 Å². The van der Waals surface area contributed by atoms with Crippen molar-refractivity contribution in [3.8, 4) is 0 Å². The third-order valence-electron chi connectivity index (χ3n) is 2.37. The molecule has 0 spiro atoms. The number of hydrogen-bond acceptors (Lipinski definition) is 3. The van der Waals surface area contributed by atoms with E-state index in [2.05, 4.69) is 15.3 Å². The number of halogens is 3. The highest BCUT2D eigenvalue weighted by Crippen LogP contribution is 2.30. The van der Waals surface area contributed by atoms with E-state index in [1.807, 2.05) is 25.1 Å². The molecule has 2 aromatic rings. The molecule has 0 aliphatic heterocycles. The Kier molecular flexibility index (Phi) is 4.27. The molecule has 1 N–H and O–H groups in total. The van der Waals surface area contributed by atoms with Crippen LogP contribution in [-0.4, -0.2) is 9.97 Å². The fraction of sp³-hybridized carbons (Fsp3) is 0.167. The molecule has 0 aliphatic carbocycles. The zero-order valence-electron chi connectivity index (χ0n) is 9.49. The number of pyridine rings is 2. The molecule has 0 aromatic carbocycles. The van der Waals surface area contributed by atoms with Crippen LogP contribution in [0.1, 0.15) is 18.7 Å². The maximum absolute atomic E-state index is 6.04. The fourth-order valence-electron chi connectivity index (χ4n) is 1.46. The van der Waals surface area contributed by atoms with Crippen LogP contribution in [-0.2, 0) is 0 Å². The van der Waals surface area contributed by atoms with Crippen molar-refractivity contribution in [1.82, 2.24) is 9.97 Å². The van der Waals surface area contributed by atoms with Crippen molar-refractivity contribution < 1.29 is 0 Å². The van der Waals surface area contributed by atoms with Crippen LogP contribution in [0.15, 0.2) is 30.5 Å². The summed E-state index contributed by atoms with van der Waals surface area (Å²) in [5, 5.41) is 4.12. The van der Waals surface area contributed by atoms with Crippen LogP contribution in [0.2, 0.25) is 15.2 Å². The summed E-state index contributed by atoms with van der Waals surface area (Å²) in [5.41, 5.74) is 0.890. The van der Waals surface area contributed by atoms with Gasteiger partial charge >= 0.3 is 0 Å². The van der Waals surface area contributed by atoms with Gasteiger partial charge in [0.1, 0.15) is 11.0 Å². The standard InChI is InChI=1S/C12H10Cl3N3/c1-7(10-4-2-3-5-16-10)17-12-9(14)6-8(13)11(15)18-12/h2-7H,1H3,(H,17,18). The quantitative estimate of drug-likeness (QED) is 0.841. The lowest BCUT2D eigenvalue weighted by atomic mass is 10.2. The summed E-state index contributed by atoms with van der Waals surface area (Å²) < 4.78 is 0. The number of rotatable bonds is 3. The molecule has 0 bridgehead atoms. The maximum atomic E-state index is 6.04. The van der Waals surface area contributed by atoms with Crippen LogP contribution < -0.4 is 5.32 Å². The van der Waals surface area contributed by atoms with E-state index in [0.29, 0.717) is 15.9 Å². The number of nitrogens with one attached hydrogen (secondary N) is 1. The Morgan fingerprint density at radius 2 is 1.94 bits per heavy atom. The van der Waals surface area contributed by atoms with E-state index in [1.54, 1.807) is 12.3 Å². The SMILES string of the molecule is CC(Nc1nc(Cl)c(Cl)cc1Cl)c1ccccn1. The van der Waals surface area contributed by atoms with Gasteiger partial charge in [-0.2, -0.15) is 0 Å². The monoisotopic (exact) mass is 301 g/mol. The van der Waals surface area contributed by atoms with Gasteiger partial charge in [-0.1, -0.05) is 40.9 Å². The molecule has 0 fully saturated rings.